The van der Waals surface area contributed by atoms with Crippen LogP contribution in [0.5, 0.6) is 5.75 Å². The Bertz CT molecular complexity index is 1610. The zero-order chi connectivity index (χ0) is 27.9. The van der Waals surface area contributed by atoms with E-state index in [1.54, 1.807) is 17.1 Å². The average Bonchev–Trinajstić information content (AvgIpc) is 3.36. The molecule has 5 aromatic rings. The molecule has 0 aliphatic carbocycles. The van der Waals surface area contributed by atoms with Crippen molar-refractivity contribution in [3.8, 4) is 11.4 Å². The summed E-state index contributed by atoms with van der Waals surface area (Å²) in [6, 6.07) is 23.2. The van der Waals surface area contributed by atoms with Gasteiger partial charge in [0, 0.05) is 29.5 Å². The lowest BCUT2D eigenvalue weighted by atomic mass is 10.1. The molecule has 0 spiro atoms. The molecule has 3 aromatic carbocycles. The van der Waals surface area contributed by atoms with Crippen LogP contribution in [-0.2, 0) is 12.8 Å². The Hall–Kier alpha value is -4.85. The van der Waals surface area contributed by atoms with Gasteiger partial charge in [0.05, 0.1) is 35.6 Å². The molecule has 204 valence electrons. The minimum atomic E-state index is -0.345. The van der Waals surface area contributed by atoms with Crippen molar-refractivity contribution in [2.75, 3.05) is 23.0 Å². The van der Waals surface area contributed by atoms with Crippen LogP contribution in [0.2, 0.25) is 0 Å². The molecule has 0 saturated heterocycles. The maximum Gasteiger partial charge on any atom is 0.324 e. The molecule has 8 heteroatoms. The predicted octanol–water partition coefficient (Wildman–Crippen LogP) is 6.92. The van der Waals surface area contributed by atoms with Crippen molar-refractivity contribution in [1.82, 2.24) is 14.8 Å². The van der Waals surface area contributed by atoms with Crippen molar-refractivity contribution in [2.45, 2.75) is 39.5 Å². The number of carbonyl (C=O) groups excluding carboxylic acids is 1. The van der Waals surface area contributed by atoms with Crippen LogP contribution in [-0.4, -0.2) is 27.4 Å². The molecular formula is C32H34N6O2. The summed E-state index contributed by atoms with van der Waals surface area (Å²) in [5.74, 6) is 1.36. The summed E-state index contributed by atoms with van der Waals surface area (Å²) in [6.45, 7) is 4.67. The SMILES string of the molecule is CCCCc1cc(NC(=O)Nc2ccc(OCCc3ccncc3N)c3ccccc23)n(-c2ccc(C)cc2)n1. The van der Waals surface area contributed by atoms with E-state index in [4.69, 9.17) is 15.6 Å². The average molecular weight is 535 g/mol. The van der Waals surface area contributed by atoms with Crippen LogP contribution in [0.4, 0.5) is 22.0 Å². The quantitative estimate of drug-likeness (QED) is 0.180. The monoisotopic (exact) mass is 534 g/mol. The van der Waals surface area contributed by atoms with Gasteiger partial charge in [0.25, 0.3) is 0 Å². The van der Waals surface area contributed by atoms with Crippen molar-refractivity contribution in [1.29, 1.82) is 0 Å². The van der Waals surface area contributed by atoms with Gasteiger partial charge in [-0.05, 0) is 55.7 Å². The molecule has 0 aliphatic heterocycles. The van der Waals surface area contributed by atoms with E-state index >= 15 is 0 Å². The summed E-state index contributed by atoms with van der Waals surface area (Å²) in [5.41, 5.74) is 11.4. The molecular weight excluding hydrogens is 500 g/mol. The summed E-state index contributed by atoms with van der Waals surface area (Å²) < 4.78 is 7.91. The van der Waals surface area contributed by atoms with E-state index in [1.807, 2.05) is 79.7 Å². The summed E-state index contributed by atoms with van der Waals surface area (Å²) in [7, 11) is 0. The number of anilines is 3. The van der Waals surface area contributed by atoms with Gasteiger partial charge in [-0.1, -0.05) is 55.3 Å². The maximum atomic E-state index is 13.2. The Morgan fingerprint density at radius 2 is 1.77 bits per heavy atom. The Morgan fingerprint density at radius 3 is 2.55 bits per heavy atom. The summed E-state index contributed by atoms with van der Waals surface area (Å²) in [4.78, 5) is 17.3. The molecule has 8 nitrogen and oxygen atoms in total. The van der Waals surface area contributed by atoms with E-state index in [1.165, 1.54) is 0 Å². The minimum Gasteiger partial charge on any atom is -0.493 e. The van der Waals surface area contributed by atoms with E-state index in [-0.39, 0.29) is 6.03 Å². The van der Waals surface area contributed by atoms with E-state index in [0.717, 1.165) is 58.3 Å². The normalized spacial score (nSPS) is 10.9. The highest BCUT2D eigenvalue weighted by Gasteiger charge is 2.15. The zero-order valence-corrected chi connectivity index (χ0v) is 22.9. The van der Waals surface area contributed by atoms with Crippen LogP contribution >= 0.6 is 0 Å². The highest BCUT2D eigenvalue weighted by atomic mass is 16.5. The molecule has 2 heterocycles. The number of benzene rings is 3. The van der Waals surface area contributed by atoms with Crippen LogP contribution in [0.25, 0.3) is 16.5 Å². The second-order valence-electron chi connectivity index (χ2n) is 9.78. The van der Waals surface area contributed by atoms with Gasteiger partial charge in [0.1, 0.15) is 11.6 Å². The lowest BCUT2D eigenvalue weighted by Gasteiger charge is -2.15. The molecule has 0 atom stereocenters. The minimum absolute atomic E-state index is 0.345. The first-order chi connectivity index (χ1) is 19.5. The number of nitrogens with zero attached hydrogens (tertiary/aromatic N) is 3. The molecule has 4 N–H and O–H groups in total. The fourth-order valence-corrected chi connectivity index (χ4v) is 4.59. The predicted molar refractivity (Wildman–Crippen MR) is 161 cm³/mol. The molecule has 40 heavy (non-hydrogen) atoms. The van der Waals surface area contributed by atoms with Crippen molar-refractivity contribution < 1.29 is 9.53 Å². The highest BCUT2D eigenvalue weighted by molar-refractivity contribution is 6.07. The number of hydrogen-bond donors (Lipinski definition) is 3. The van der Waals surface area contributed by atoms with E-state index in [9.17, 15) is 4.79 Å². The number of nitrogens with one attached hydrogen (secondary N) is 2. The van der Waals surface area contributed by atoms with Crippen LogP contribution in [0.3, 0.4) is 0 Å². The Kier molecular flexibility index (Phi) is 8.25. The molecule has 0 fully saturated rings. The first kappa shape index (κ1) is 26.7. The lowest BCUT2D eigenvalue weighted by Crippen LogP contribution is -2.21. The van der Waals surface area contributed by atoms with E-state index < -0.39 is 0 Å². The van der Waals surface area contributed by atoms with Gasteiger partial charge in [0.2, 0.25) is 0 Å². The fourth-order valence-electron chi connectivity index (χ4n) is 4.59. The molecule has 2 aromatic heterocycles. The third-order valence-electron chi connectivity index (χ3n) is 6.77. The van der Waals surface area contributed by atoms with Crippen molar-refractivity contribution in [2.24, 2.45) is 0 Å². The third-order valence-corrected chi connectivity index (χ3v) is 6.77. The van der Waals surface area contributed by atoms with Gasteiger partial charge in [-0.2, -0.15) is 5.10 Å². The molecule has 5 rings (SSSR count). The number of rotatable bonds is 10. The highest BCUT2D eigenvalue weighted by Crippen LogP contribution is 2.32. The number of amides is 2. The standard InChI is InChI=1S/C32H34N6O2/c1-3-4-7-24-20-31(38(37-24)25-12-10-22(2)11-13-25)36-32(39)35-29-14-15-30(27-9-6-5-8-26(27)29)40-19-17-23-16-18-34-21-28(23)33/h5-6,8-16,18,20-21H,3-4,7,17,19,33H2,1-2H3,(H2,35,36,39). The van der Waals surface area contributed by atoms with Gasteiger partial charge in [0.15, 0.2) is 0 Å². The third kappa shape index (κ3) is 6.23. The van der Waals surface area contributed by atoms with E-state index in [2.05, 4.69) is 22.5 Å². The number of pyridine rings is 1. The number of carbonyl (C=O) groups is 1. The van der Waals surface area contributed by atoms with Crippen molar-refractivity contribution in [3.05, 3.63) is 102 Å². The largest absolute Gasteiger partial charge is 0.493 e. The number of unbranched alkanes of at least 4 members (excludes halogenated alkanes) is 1. The number of hydrogen-bond acceptors (Lipinski definition) is 5. The second-order valence-corrected chi connectivity index (χ2v) is 9.78. The fraction of sp³-hybridized carbons (Fsp3) is 0.219. The van der Waals surface area contributed by atoms with Crippen molar-refractivity contribution in [3.63, 3.8) is 0 Å². The van der Waals surface area contributed by atoms with Gasteiger partial charge in [-0.15, -0.1) is 0 Å². The second kappa shape index (κ2) is 12.3. The molecule has 0 bridgehead atoms. The molecule has 0 unspecified atom stereocenters. The smallest absolute Gasteiger partial charge is 0.324 e. The zero-order valence-electron chi connectivity index (χ0n) is 22.9. The first-order valence-corrected chi connectivity index (χ1v) is 13.6. The van der Waals surface area contributed by atoms with Crippen molar-refractivity contribution >= 4 is 34.0 Å². The molecule has 2 amide bonds. The molecule has 0 saturated carbocycles. The van der Waals surface area contributed by atoms with E-state index in [0.29, 0.717) is 30.2 Å². The van der Waals surface area contributed by atoms with Crippen LogP contribution < -0.4 is 21.1 Å². The van der Waals surface area contributed by atoms with Gasteiger partial charge < -0.3 is 15.8 Å². The summed E-state index contributed by atoms with van der Waals surface area (Å²) in [6.07, 6.45) is 7.01. The number of urea groups is 1. The number of nitrogen functional groups attached to an aromatic ring is 1. The summed E-state index contributed by atoms with van der Waals surface area (Å²) in [5, 5.41) is 12.6. The van der Waals surface area contributed by atoms with Crippen LogP contribution in [0.1, 0.15) is 36.6 Å². The Balaban J connectivity index is 1.33. The van der Waals surface area contributed by atoms with Gasteiger partial charge in [-0.3, -0.25) is 10.3 Å². The topological polar surface area (TPSA) is 107 Å². The van der Waals surface area contributed by atoms with Crippen LogP contribution in [0.15, 0.2) is 85.2 Å². The number of fused-ring (bicyclic) bond motifs is 1. The number of ether oxygens (including phenoxy) is 1. The lowest BCUT2D eigenvalue weighted by molar-refractivity contribution is 0.262. The summed E-state index contributed by atoms with van der Waals surface area (Å²) >= 11 is 0. The molecule has 0 aliphatic rings. The Morgan fingerprint density at radius 1 is 0.975 bits per heavy atom. The first-order valence-electron chi connectivity index (χ1n) is 13.6. The van der Waals surface area contributed by atoms with Gasteiger partial charge in [-0.25, -0.2) is 9.48 Å². The Labute approximate surface area is 234 Å². The van der Waals surface area contributed by atoms with Gasteiger partial charge >= 0.3 is 6.03 Å². The molecule has 0 radical (unpaired) electrons. The number of aromatic nitrogens is 3. The maximum absolute atomic E-state index is 13.2. The number of nitrogens with two attached hydrogens (primary N) is 1. The number of aryl methyl sites for hydroxylation is 2. The van der Waals surface area contributed by atoms with Crippen LogP contribution in [0, 0.1) is 6.92 Å².